The zero-order chi connectivity index (χ0) is 77.4. The van der Waals surface area contributed by atoms with Gasteiger partial charge in [-0.2, -0.15) is 0 Å². The molecule has 3 saturated heterocycles. The number of anilines is 7. The Morgan fingerprint density at radius 1 is 0.458 bits per heavy atom. The lowest BCUT2D eigenvalue weighted by Crippen LogP contribution is -2.50. The molecular weight excluding hydrogens is 1430 g/mol. The van der Waals surface area contributed by atoms with Crippen molar-refractivity contribution in [1.82, 2.24) is 30.1 Å². The lowest BCUT2D eigenvalue weighted by molar-refractivity contribution is 0.0230. The van der Waals surface area contributed by atoms with E-state index in [-0.39, 0.29) is 41.5 Å². The molecule has 0 atom stereocenters. The SMILES string of the molecule is CC(C)(C)OC(=O)N1CCN(c2ncc(C(=O)O)s2)CC1.CC(C)(C)OC(=O)Nc1ccc(-c2ccco2)cc1CC(=O)c1cnc(N2CCN(C(=O)OC(C)(C)C)CC2)s1.CC(C)(C)OC(=O)Nc1ccc(-c2ccco2)cc1N.Nc1ccc(-c2ccco2)cc1CC(=O)c1cnc(N2CCNCC2)s1. The number of nitrogens with one attached hydrogen (secondary N) is 3. The normalized spacial score (nSPS) is 14.0. The standard InChI is InChI=1S/C29H36N4O6S.C19H20N4O2S.C15H18N2O3.C13H19N3O4S/c1-28(2,3)38-26(35)31-21-10-9-19(23-8-7-15-37-23)16-20(21)17-22(34)24-18-30-25(40-24)32-11-13-33(14-12-32)27(36)39-29(4,5)6;20-15-4-3-13(17-2-1-9-25-17)10-14(15)11-16(24)18-12-22-19(26-18)23-7-5-21-6-8-23;1-15(2,3)20-14(18)17-12-7-6-10(9-11(12)16)13-5-4-8-19-13;1-13(2,3)20-12(19)16-6-4-15(5-7-16)11-14-8-9(21-11)10(17)18/h7-10,15-16,18H,11-14,17H2,1-6H3,(H,31,35);1-4,9-10,12,21H,5-8,11,20H2;4-9H,16H2,1-3H3,(H,17,18);8H,4-7H2,1-3H3,(H,17,18). The van der Waals surface area contributed by atoms with Crippen molar-refractivity contribution in [2.75, 3.05) is 115 Å². The molecule has 28 nitrogen and oxygen atoms in total. The van der Waals surface area contributed by atoms with Crippen LogP contribution in [0.25, 0.3) is 34.0 Å². The fraction of sp³-hybridized carbons (Fsp3) is 0.395. The van der Waals surface area contributed by atoms with Crippen molar-refractivity contribution in [3.05, 3.63) is 154 Å². The highest BCUT2D eigenvalue weighted by molar-refractivity contribution is 7.18. The smallest absolute Gasteiger partial charge is 0.412 e. The monoisotopic (exact) mass is 1520 g/mol. The summed E-state index contributed by atoms with van der Waals surface area (Å²) in [5.41, 5.74) is 15.8. The zero-order valence-corrected chi connectivity index (χ0v) is 64.6. The number of carbonyl (C=O) groups excluding carboxylic acids is 6. The van der Waals surface area contributed by atoms with Gasteiger partial charge in [0.15, 0.2) is 27.0 Å². The summed E-state index contributed by atoms with van der Waals surface area (Å²) >= 11 is 3.92. The summed E-state index contributed by atoms with van der Waals surface area (Å²) in [5.74, 6) is 1.08. The van der Waals surface area contributed by atoms with E-state index in [4.69, 9.17) is 48.8 Å². The van der Waals surface area contributed by atoms with Crippen molar-refractivity contribution in [3.8, 4) is 34.0 Å². The number of nitrogen functional groups attached to an aromatic ring is 2. The molecule has 9 heterocycles. The van der Waals surface area contributed by atoms with Crippen LogP contribution >= 0.6 is 34.0 Å². The average Bonchev–Trinajstić information content (AvgIpc) is 1.80. The molecule has 3 aliphatic heterocycles. The van der Waals surface area contributed by atoms with Gasteiger partial charge in [-0.3, -0.25) is 20.2 Å². The third kappa shape index (κ3) is 24.4. The predicted octanol–water partition coefficient (Wildman–Crippen LogP) is 14.8. The molecule has 9 aromatic rings. The Bertz CT molecular complexity index is 4460. The van der Waals surface area contributed by atoms with Crippen LogP contribution in [0.1, 0.15) is 123 Å². The maximum atomic E-state index is 13.4. The molecule has 6 aromatic heterocycles. The molecule has 0 bridgehead atoms. The summed E-state index contributed by atoms with van der Waals surface area (Å²) in [6, 6.07) is 27.3. The van der Waals surface area contributed by atoms with Gasteiger partial charge in [-0.05, 0) is 185 Å². The minimum absolute atomic E-state index is 0.0344. The number of carbonyl (C=O) groups is 7. The number of Topliss-reactive ketones (excluding diaryl/α,β-unsaturated/α-hetero) is 2. The number of aromatic carboxylic acids is 1. The number of piperazine rings is 3. The predicted molar refractivity (Wildman–Crippen MR) is 415 cm³/mol. The number of aromatic nitrogens is 3. The number of hydrogen-bond donors (Lipinski definition) is 6. The van der Waals surface area contributed by atoms with E-state index in [2.05, 4.69) is 40.7 Å². The van der Waals surface area contributed by atoms with Gasteiger partial charge in [0.1, 0.15) is 44.6 Å². The van der Waals surface area contributed by atoms with Crippen molar-refractivity contribution >= 4 is 114 Å². The summed E-state index contributed by atoms with van der Waals surface area (Å²) in [5, 5.41) is 19.9. The maximum absolute atomic E-state index is 13.4. The number of carboxylic acids is 1. The van der Waals surface area contributed by atoms with Crippen LogP contribution in [0.3, 0.4) is 0 Å². The second-order valence-electron chi connectivity index (χ2n) is 28.9. The number of thiazole rings is 3. The van der Waals surface area contributed by atoms with Gasteiger partial charge >= 0.3 is 30.3 Å². The largest absolute Gasteiger partial charge is 0.477 e. The number of rotatable bonds is 15. The fourth-order valence-electron chi connectivity index (χ4n) is 10.7. The minimum atomic E-state index is -0.967. The van der Waals surface area contributed by atoms with Crippen LogP contribution in [0.4, 0.5) is 57.3 Å². The molecule has 0 unspecified atom stereocenters. The summed E-state index contributed by atoms with van der Waals surface area (Å²) in [4.78, 5) is 109. The molecular formula is C76H93N13O15S3. The average molecular weight is 1520 g/mol. The van der Waals surface area contributed by atoms with Crippen molar-refractivity contribution in [1.29, 1.82) is 0 Å². The first-order valence-electron chi connectivity index (χ1n) is 34.7. The Kier molecular flexibility index (Phi) is 26.7. The molecule has 107 heavy (non-hydrogen) atoms. The number of ketones is 2. The number of amides is 4. The molecule has 8 N–H and O–H groups in total. The highest BCUT2D eigenvalue weighted by Gasteiger charge is 2.31. The van der Waals surface area contributed by atoms with E-state index >= 15 is 0 Å². The van der Waals surface area contributed by atoms with Gasteiger partial charge in [-0.15, -0.1) is 0 Å². The molecule has 31 heteroatoms. The van der Waals surface area contributed by atoms with Crippen molar-refractivity contribution in [2.45, 2.75) is 118 Å². The number of hydrogen-bond acceptors (Lipinski definition) is 26. The molecule has 3 fully saturated rings. The number of carboxylic acid groups (broad SMARTS) is 1. The summed E-state index contributed by atoms with van der Waals surface area (Å²) in [6.45, 7) is 30.1. The molecule has 0 spiro atoms. The highest BCUT2D eigenvalue weighted by Crippen LogP contribution is 2.34. The minimum Gasteiger partial charge on any atom is -0.477 e. The highest BCUT2D eigenvalue weighted by atomic mass is 32.1. The van der Waals surface area contributed by atoms with E-state index in [1.165, 1.54) is 28.9 Å². The van der Waals surface area contributed by atoms with E-state index in [1.807, 2.05) is 107 Å². The van der Waals surface area contributed by atoms with Gasteiger partial charge in [0.05, 0.1) is 58.5 Å². The number of ether oxygens (including phenoxy) is 4. The van der Waals surface area contributed by atoms with Gasteiger partial charge in [0.2, 0.25) is 0 Å². The molecule has 12 rings (SSSR count). The zero-order valence-electron chi connectivity index (χ0n) is 62.1. The molecule has 0 radical (unpaired) electrons. The quantitative estimate of drug-likeness (QED) is 0.0315. The van der Waals surface area contributed by atoms with Crippen LogP contribution in [-0.2, 0) is 31.8 Å². The molecule has 570 valence electrons. The molecule has 4 amide bonds. The summed E-state index contributed by atoms with van der Waals surface area (Å²) < 4.78 is 37.6. The van der Waals surface area contributed by atoms with Crippen molar-refractivity contribution in [2.24, 2.45) is 0 Å². The van der Waals surface area contributed by atoms with E-state index in [0.717, 1.165) is 81.6 Å². The van der Waals surface area contributed by atoms with Gasteiger partial charge < -0.3 is 78.6 Å². The first-order valence-corrected chi connectivity index (χ1v) is 37.1. The van der Waals surface area contributed by atoms with Gasteiger partial charge in [-0.1, -0.05) is 34.0 Å². The first kappa shape index (κ1) is 80.3. The van der Waals surface area contributed by atoms with Crippen LogP contribution in [0, 0.1) is 0 Å². The van der Waals surface area contributed by atoms with Crippen molar-refractivity contribution < 1.29 is 70.9 Å². The van der Waals surface area contributed by atoms with Crippen LogP contribution in [0.5, 0.6) is 0 Å². The molecule has 3 aromatic carbocycles. The number of benzene rings is 3. The molecule has 0 aliphatic carbocycles. The van der Waals surface area contributed by atoms with E-state index in [9.17, 15) is 33.6 Å². The van der Waals surface area contributed by atoms with E-state index < -0.39 is 40.6 Å². The maximum Gasteiger partial charge on any atom is 0.412 e. The number of furan rings is 3. The topological polar surface area (TPSA) is 359 Å². The lowest BCUT2D eigenvalue weighted by Gasteiger charge is -2.35. The molecule has 0 saturated carbocycles. The van der Waals surface area contributed by atoms with Gasteiger partial charge in [-0.25, -0.2) is 38.9 Å². The van der Waals surface area contributed by atoms with Gasteiger partial charge in [0, 0.05) is 119 Å². The third-order valence-corrected chi connectivity index (χ3v) is 19.0. The van der Waals surface area contributed by atoms with Crippen LogP contribution < -0.4 is 42.1 Å². The van der Waals surface area contributed by atoms with Crippen LogP contribution in [0.2, 0.25) is 0 Å². The molecule has 3 aliphatic rings. The third-order valence-electron chi connectivity index (χ3n) is 15.7. The lowest BCUT2D eigenvalue weighted by atomic mass is 10.0. The van der Waals surface area contributed by atoms with Crippen LogP contribution in [-0.4, -0.2) is 173 Å². The Labute approximate surface area is 633 Å². The second-order valence-corrected chi connectivity index (χ2v) is 32.0. The Hall–Kier alpha value is -10.8. The van der Waals surface area contributed by atoms with E-state index in [0.29, 0.717) is 101 Å². The van der Waals surface area contributed by atoms with E-state index in [1.54, 1.807) is 113 Å². The first-order chi connectivity index (χ1) is 50.6. The Morgan fingerprint density at radius 3 is 1.21 bits per heavy atom. The summed E-state index contributed by atoms with van der Waals surface area (Å²) in [6.07, 6.45) is 7.97. The number of nitrogens with two attached hydrogens (primary N) is 2. The second kappa shape index (κ2) is 35.6. The van der Waals surface area contributed by atoms with Gasteiger partial charge in [0.25, 0.3) is 0 Å². The van der Waals surface area contributed by atoms with Crippen molar-refractivity contribution in [3.63, 3.8) is 0 Å². The number of nitrogens with zero attached hydrogens (tertiary/aromatic N) is 8. The fourth-order valence-corrected chi connectivity index (χ4v) is 13.3. The Morgan fingerprint density at radius 2 is 0.822 bits per heavy atom. The van der Waals surface area contributed by atoms with Crippen LogP contribution in [0.15, 0.2) is 142 Å². The Balaban J connectivity index is 0.000000172. The summed E-state index contributed by atoms with van der Waals surface area (Å²) in [7, 11) is 0.